The standard InChI is InChI=1S/C40H42O6/c41-36(30-43-26-31-16-6-1-7-17-31)38(44-27-32-18-8-2-9-19-32)40(46-29-34-22-12-4-13-23-34)39(37(42)35-24-14-5-15-25-35)45-28-33-20-10-3-11-21-33/h1-25,36-42H,26-30H2/t36-,37+,38+,39+,40+/m1/s1. The smallest absolute Gasteiger partial charge is 0.117 e. The molecule has 5 aromatic rings. The Morgan fingerprint density at radius 3 is 1.17 bits per heavy atom. The lowest BCUT2D eigenvalue weighted by atomic mass is 9.94. The molecule has 5 rings (SSSR count). The Labute approximate surface area is 271 Å². The molecule has 0 bridgehead atoms. The van der Waals surface area contributed by atoms with Crippen LogP contribution in [0.2, 0.25) is 0 Å². The molecule has 6 heteroatoms. The number of aliphatic hydroxyl groups is 2. The normalized spacial score (nSPS) is 14.7. The van der Waals surface area contributed by atoms with Crippen LogP contribution in [0.25, 0.3) is 0 Å². The van der Waals surface area contributed by atoms with E-state index in [-0.39, 0.29) is 26.4 Å². The third-order valence-electron chi connectivity index (χ3n) is 7.74. The predicted octanol–water partition coefficient (Wildman–Crippen LogP) is 7.05. The molecule has 6 nitrogen and oxygen atoms in total. The molecule has 0 saturated heterocycles. The Morgan fingerprint density at radius 2 is 0.739 bits per heavy atom. The summed E-state index contributed by atoms with van der Waals surface area (Å²) < 4.78 is 25.7. The zero-order valence-corrected chi connectivity index (χ0v) is 25.9. The number of hydrogen-bond acceptors (Lipinski definition) is 6. The fraction of sp³-hybridized carbons (Fsp3) is 0.250. The Bertz CT molecular complexity index is 1500. The number of aliphatic hydroxyl groups excluding tert-OH is 2. The molecule has 0 aliphatic rings. The topological polar surface area (TPSA) is 77.4 Å². The van der Waals surface area contributed by atoms with Crippen molar-refractivity contribution < 1.29 is 29.2 Å². The van der Waals surface area contributed by atoms with E-state index in [1.165, 1.54) is 0 Å². The summed E-state index contributed by atoms with van der Waals surface area (Å²) in [6.07, 6.45) is -4.89. The SMILES string of the molecule is O[C@H](COCc1ccccc1)[C@H](OCc1ccccc1)[C@H](OCc1ccccc1)[C@@H](OCc1ccccc1)[C@@H](O)c1ccccc1. The molecular weight excluding hydrogens is 576 g/mol. The van der Waals surface area contributed by atoms with Crippen LogP contribution >= 0.6 is 0 Å². The lowest BCUT2D eigenvalue weighted by Gasteiger charge is -2.38. The van der Waals surface area contributed by atoms with Crippen molar-refractivity contribution in [2.45, 2.75) is 56.9 Å². The maximum Gasteiger partial charge on any atom is 0.117 e. The Hall–Kier alpha value is -4.14. The van der Waals surface area contributed by atoms with Crippen molar-refractivity contribution >= 4 is 0 Å². The minimum atomic E-state index is -1.10. The van der Waals surface area contributed by atoms with E-state index in [1.807, 2.05) is 152 Å². The average molecular weight is 619 g/mol. The first-order chi connectivity index (χ1) is 22.7. The summed E-state index contributed by atoms with van der Waals surface area (Å²) in [5.74, 6) is 0. The van der Waals surface area contributed by atoms with Gasteiger partial charge in [0.15, 0.2) is 0 Å². The first-order valence-corrected chi connectivity index (χ1v) is 15.7. The molecule has 2 N–H and O–H groups in total. The van der Waals surface area contributed by atoms with E-state index in [4.69, 9.17) is 18.9 Å². The lowest BCUT2D eigenvalue weighted by Crippen LogP contribution is -2.51. The fourth-order valence-corrected chi connectivity index (χ4v) is 5.27. The van der Waals surface area contributed by atoms with E-state index >= 15 is 0 Å². The summed E-state index contributed by atoms with van der Waals surface area (Å²) in [6, 6.07) is 48.6. The van der Waals surface area contributed by atoms with Crippen molar-refractivity contribution in [3.8, 4) is 0 Å². The molecule has 0 aliphatic heterocycles. The van der Waals surface area contributed by atoms with Crippen LogP contribution in [0.3, 0.4) is 0 Å². The van der Waals surface area contributed by atoms with Gasteiger partial charge in [-0.25, -0.2) is 0 Å². The second kappa shape index (κ2) is 18.1. The summed E-state index contributed by atoms with van der Waals surface area (Å²) in [6.45, 7) is 0.999. The van der Waals surface area contributed by atoms with E-state index in [0.29, 0.717) is 12.2 Å². The highest BCUT2D eigenvalue weighted by atomic mass is 16.6. The molecule has 0 unspecified atom stereocenters. The maximum atomic E-state index is 11.9. The molecule has 0 amide bonds. The lowest BCUT2D eigenvalue weighted by molar-refractivity contribution is -0.207. The summed E-state index contributed by atoms with van der Waals surface area (Å²) in [5.41, 5.74) is 4.50. The zero-order chi connectivity index (χ0) is 31.8. The molecular formula is C40H42O6. The van der Waals surface area contributed by atoms with E-state index in [1.54, 1.807) is 0 Å². The minimum Gasteiger partial charge on any atom is -0.388 e. The third kappa shape index (κ3) is 10.2. The molecule has 0 radical (unpaired) electrons. The molecule has 5 aromatic carbocycles. The second-order valence-electron chi connectivity index (χ2n) is 11.2. The summed E-state index contributed by atoms with van der Waals surface area (Å²) in [5, 5.41) is 23.6. The van der Waals surface area contributed by atoms with Crippen molar-refractivity contribution in [3.05, 3.63) is 179 Å². The van der Waals surface area contributed by atoms with Crippen molar-refractivity contribution in [1.29, 1.82) is 0 Å². The first-order valence-electron chi connectivity index (χ1n) is 15.7. The molecule has 5 atom stereocenters. The van der Waals surface area contributed by atoms with Crippen LogP contribution in [0.15, 0.2) is 152 Å². The summed E-state index contributed by atoms with van der Waals surface area (Å²) in [4.78, 5) is 0. The van der Waals surface area contributed by atoms with E-state index in [9.17, 15) is 10.2 Å². The highest BCUT2D eigenvalue weighted by Crippen LogP contribution is 2.29. The van der Waals surface area contributed by atoms with Gasteiger partial charge in [0, 0.05) is 0 Å². The van der Waals surface area contributed by atoms with E-state index in [2.05, 4.69) is 0 Å². The van der Waals surface area contributed by atoms with Gasteiger partial charge in [-0.15, -0.1) is 0 Å². The number of hydrogen-bond donors (Lipinski definition) is 2. The van der Waals surface area contributed by atoms with Gasteiger partial charge in [-0.1, -0.05) is 152 Å². The summed E-state index contributed by atoms with van der Waals surface area (Å²) >= 11 is 0. The Kier molecular flexibility index (Phi) is 13.1. The third-order valence-corrected chi connectivity index (χ3v) is 7.74. The van der Waals surface area contributed by atoms with Gasteiger partial charge in [0.05, 0.1) is 33.0 Å². The Balaban J connectivity index is 1.47. The largest absolute Gasteiger partial charge is 0.388 e. The average Bonchev–Trinajstić information content (AvgIpc) is 3.12. The van der Waals surface area contributed by atoms with Crippen molar-refractivity contribution in [2.24, 2.45) is 0 Å². The van der Waals surface area contributed by atoms with Gasteiger partial charge >= 0.3 is 0 Å². The fourth-order valence-electron chi connectivity index (χ4n) is 5.27. The number of rotatable bonds is 18. The highest BCUT2D eigenvalue weighted by Gasteiger charge is 2.41. The molecule has 0 heterocycles. The predicted molar refractivity (Wildman–Crippen MR) is 179 cm³/mol. The van der Waals surface area contributed by atoms with E-state index in [0.717, 1.165) is 22.3 Å². The van der Waals surface area contributed by atoms with Gasteiger partial charge in [-0.05, 0) is 27.8 Å². The minimum absolute atomic E-state index is 0.00755. The second-order valence-corrected chi connectivity index (χ2v) is 11.2. The van der Waals surface area contributed by atoms with Gasteiger partial charge in [-0.2, -0.15) is 0 Å². The first kappa shape index (κ1) is 33.2. The van der Waals surface area contributed by atoms with Gasteiger partial charge in [0.1, 0.15) is 30.5 Å². The quantitative estimate of drug-likeness (QED) is 0.110. The van der Waals surface area contributed by atoms with Gasteiger partial charge < -0.3 is 29.2 Å². The molecule has 238 valence electrons. The molecule has 0 aromatic heterocycles. The van der Waals surface area contributed by atoms with Crippen LogP contribution in [-0.4, -0.2) is 41.2 Å². The molecule has 46 heavy (non-hydrogen) atoms. The van der Waals surface area contributed by atoms with Gasteiger partial charge in [0.25, 0.3) is 0 Å². The number of ether oxygens (including phenoxy) is 4. The van der Waals surface area contributed by atoms with Crippen molar-refractivity contribution in [1.82, 2.24) is 0 Å². The molecule has 0 spiro atoms. The highest BCUT2D eigenvalue weighted by molar-refractivity contribution is 5.21. The van der Waals surface area contributed by atoms with Crippen molar-refractivity contribution in [3.63, 3.8) is 0 Å². The zero-order valence-electron chi connectivity index (χ0n) is 25.9. The van der Waals surface area contributed by atoms with Crippen LogP contribution in [0.1, 0.15) is 33.9 Å². The number of benzene rings is 5. The molecule has 0 fully saturated rings. The maximum absolute atomic E-state index is 11.9. The molecule has 0 saturated carbocycles. The molecule has 0 aliphatic carbocycles. The van der Waals surface area contributed by atoms with E-state index < -0.39 is 30.5 Å². The van der Waals surface area contributed by atoms with Crippen LogP contribution < -0.4 is 0 Å². The van der Waals surface area contributed by atoms with Crippen LogP contribution in [0, 0.1) is 0 Å². The van der Waals surface area contributed by atoms with Crippen LogP contribution in [-0.2, 0) is 45.4 Å². The van der Waals surface area contributed by atoms with Crippen molar-refractivity contribution in [2.75, 3.05) is 6.61 Å². The monoisotopic (exact) mass is 618 g/mol. The Morgan fingerprint density at radius 1 is 0.391 bits per heavy atom. The van der Waals surface area contributed by atoms with Crippen LogP contribution in [0.4, 0.5) is 0 Å². The van der Waals surface area contributed by atoms with Gasteiger partial charge in [-0.3, -0.25) is 0 Å². The van der Waals surface area contributed by atoms with Gasteiger partial charge in [0.2, 0.25) is 0 Å². The summed E-state index contributed by atoms with van der Waals surface area (Å²) in [7, 11) is 0. The van der Waals surface area contributed by atoms with Crippen LogP contribution in [0.5, 0.6) is 0 Å².